The molecule has 0 unspecified atom stereocenters. The van der Waals surface area contributed by atoms with E-state index in [1.54, 1.807) is 7.05 Å². The zero-order valence-corrected chi connectivity index (χ0v) is 9.72. The average molecular weight is 257 g/mol. The highest BCUT2D eigenvalue weighted by molar-refractivity contribution is 7.10. The Morgan fingerprint density at radius 3 is 2.71 bits per heavy atom. The highest BCUT2D eigenvalue weighted by Gasteiger charge is 2.12. The SMILES string of the molecule is CNc1snnc1COc1c(F)cccc1F. The molecule has 0 saturated carbocycles. The molecule has 17 heavy (non-hydrogen) atoms. The third-order valence-corrected chi connectivity index (χ3v) is 2.84. The third kappa shape index (κ3) is 2.50. The first-order chi connectivity index (χ1) is 8.22. The van der Waals surface area contributed by atoms with Crippen LogP contribution in [-0.4, -0.2) is 16.6 Å². The van der Waals surface area contributed by atoms with Crippen LogP contribution in [0.1, 0.15) is 5.69 Å². The van der Waals surface area contributed by atoms with Crippen molar-refractivity contribution in [2.24, 2.45) is 0 Å². The first-order valence-corrected chi connectivity index (χ1v) is 5.55. The van der Waals surface area contributed by atoms with E-state index in [-0.39, 0.29) is 6.61 Å². The molecule has 0 aliphatic rings. The van der Waals surface area contributed by atoms with E-state index in [4.69, 9.17) is 4.74 Å². The maximum absolute atomic E-state index is 13.2. The van der Waals surface area contributed by atoms with Gasteiger partial charge in [0.25, 0.3) is 0 Å². The Balaban J connectivity index is 2.13. The Bertz CT molecular complexity index is 498. The summed E-state index contributed by atoms with van der Waals surface area (Å²) < 4.78 is 35.3. The Labute approximate surface area is 100 Å². The van der Waals surface area contributed by atoms with Gasteiger partial charge < -0.3 is 10.1 Å². The monoisotopic (exact) mass is 257 g/mol. The summed E-state index contributed by atoms with van der Waals surface area (Å²) in [7, 11) is 1.71. The molecule has 2 rings (SSSR count). The first kappa shape index (κ1) is 11.7. The van der Waals surface area contributed by atoms with Crippen molar-refractivity contribution in [1.82, 2.24) is 9.59 Å². The average Bonchev–Trinajstić information content (AvgIpc) is 2.76. The summed E-state index contributed by atoms with van der Waals surface area (Å²) in [4.78, 5) is 0. The number of ether oxygens (including phenoxy) is 1. The van der Waals surface area contributed by atoms with Crippen LogP contribution in [0.3, 0.4) is 0 Å². The lowest BCUT2D eigenvalue weighted by atomic mass is 10.3. The van der Waals surface area contributed by atoms with Crippen LogP contribution >= 0.6 is 11.5 Å². The highest BCUT2D eigenvalue weighted by Crippen LogP contribution is 2.24. The predicted molar refractivity (Wildman–Crippen MR) is 60.1 cm³/mol. The summed E-state index contributed by atoms with van der Waals surface area (Å²) >= 11 is 1.15. The predicted octanol–water partition coefficient (Wildman–Crippen LogP) is 2.44. The lowest BCUT2D eigenvalue weighted by molar-refractivity contribution is 0.270. The first-order valence-electron chi connectivity index (χ1n) is 4.78. The van der Waals surface area contributed by atoms with Gasteiger partial charge in [0.15, 0.2) is 17.4 Å². The Morgan fingerprint density at radius 2 is 2.06 bits per heavy atom. The van der Waals surface area contributed by atoms with Gasteiger partial charge in [0, 0.05) is 18.6 Å². The van der Waals surface area contributed by atoms with Crippen molar-refractivity contribution in [3.05, 3.63) is 35.5 Å². The van der Waals surface area contributed by atoms with Gasteiger partial charge in [0.2, 0.25) is 0 Å². The lowest BCUT2D eigenvalue weighted by Crippen LogP contribution is -2.02. The topological polar surface area (TPSA) is 47.0 Å². The van der Waals surface area contributed by atoms with Gasteiger partial charge in [-0.1, -0.05) is 10.6 Å². The van der Waals surface area contributed by atoms with Crippen molar-refractivity contribution >= 4 is 16.5 Å². The molecular weight excluding hydrogens is 248 g/mol. The van der Waals surface area contributed by atoms with Gasteiger partial charge in [-0.3, -0.25) is 0 Å². The summed E-state index contributed by atoms with van der Waals surface area (Å²) in [5, 5.41) is 7.37. The minimum absolute atomic E-state index is 0.0372. The second-order valence-electron chi connectivity index (χ2n) is 3.14. The van der Waals surface area contributed by atoms with Crippen LogP contribution in [0.4, 0.5) is 13.8 Å². The van der Waals surface area contributed by atoms with E-state index < -0.39 is 17.4 Å². The standard InChI is InChI=1S/C10H9F2N3OS/c1-13-10-8(14-15-17-10)5-16-9-6(11)3-2-4-7(9)12/h2-4,13H,5H2,1H3. The molecule has 0 amide bonds. The molecule has 0 atom stereocenters. The van der Waals surface area contributed by atoms with Gasteiger partial charge in [-0.15, -0.1) is 5.10 Å². The number of aromatic nitrogens is 2. The molecule has 0 aliphatic heterocycles. The number of hydrogen-bond donors (Lipinski definition) is 1. The smallest absolute Gasteiger partial charge is 0.191 e. The van der Waals surface area contributed by atoms with Gasteiger partial charge in [0.05, 0.1) is 0 Å². The molecular formula is C10H9F2N3OS. The minimum Gasteiger partial charge on any atom is -0.481 e. The second kappa shape index (κ2) is 5.05. The summed E-state index contributed by atoms with van der Waals surface area (Å²) in [6, 6.07) is 3.55. The maximum atomic E-state index is 13.2. The van der Waals surface area contributed by atoms with Crippen LogP contribution in [-0.2, 0) is 6.61 Å². The molecule has 1 heterocycles. The number of nitrogens with zero attached hydrogens (tertiary/aromatic N) is 2. The molecule has 0 spiro atoms. The summed E-state index contributed by atoms with van der Waals surface area (Å²) in [5.74, 6) is -1.87. The number of nitrogens with one attached hydrogen (secondary N) is 1. The highest BCUT2D eigenvalue weighted by atomic mass is 32.1. The zero-order valence-electron chi connectivity index (χ0n) is 8.91. The summed E-state index contributed by atoms with van der Waals surface area (Å²) in [5.41, 5.74) is 0.514. The summed E-state index contributed by atoms with van der Waals surface area (Å²) in [6.07, 6.45) is 0. The van der Waals surface area contributed by atoms with Crippen LogP contribution in [0.5, 0.6) is 5.75 Å². The quantitative estimate of drug-likeness (QED) is 0.913. The molecule has 0 fully saturated rings. The minimum atomic E-state index is -0.737. The fourth-order valence-corrected chi connectivity index (χ4v) is 1.77. The number of benzene rings is 1. The van der Waals surface area contributed by atoms with Gasteiger partial charge in [-0.25, -0.2) is 8.78 Å². The fourth-order valence-electron chi connectivity index (χ4n) is 1.25. The van der Waals surface area contributed by atoms with Gasteiger partial charge in [-0.2, -0.15) is 0 Å². The molecule has 2 aromatic rings. The molecule has 0 radical (unpaired) electrons. The summed E-state index contributed by atoms with van der Waals surface area (Å²) in [6.45, 7) is -0.0372. The zero-order chi connectivity index (χ0) is 12.3. The number of anilines is 1. The van der Waals surface area contributed by atoms with Crippen molar-refractivity contribution in [3.63, 3.8) is 0 Å². The van der Waals surface area contributed by atoms with E-state index in [2.05, 4.69) is 14.9 Å². The van der Waals surface area contributed by atoms with E-state index in [0.717, 1.165) is 23.7 Å². The van der Waals surface area contributed by atoms with E-state index >= 15 is 0 Å². The molecule has 7 heteroatoms. The Kier molecular flexibility index (Phi) is 3.48. The molecule has 1 N–H and O–H groups in total. The van der Waals surface area contributed by atoms with E-state index in [9.17, 15) is 8.78 Å². The molecule has 0 bridgehead atoms. The van der Waals surface area contributed by atoms with Gasteiger partial charge >= 0.3 is 0 Å². The van der Waals surface area contributed by atoms with Crippen molar-refractivity contribution in [3.8, 4) is 5.75 Å². The van der Waals surface area contributed by atoms with E-state index in [0.29, 0.717) is 10.7 Å². The molecule has 1 aromatic carbocycles. The van der Waals surface area contributed by atoms with Crippen LogP contribution in [0.25, 0.3) is 0 Å². The van der Waals surface area contributed by atoms with Crippen molar-refractivity contribution in [2.45, 2.75) is 6.61 Å². The number of rotatable bonds is 4. The maximum Gasteiger partial charge on any atom is 0.191 e. The van der Waals surface area contributed by atoms with Crippen molar-refractivity contribution < 1.29 is 13.5 Å². The number of para-hydroxylation sites is 1. The van der Waals surface area contributed by atoms with Crippen molar-refractivity contribution in [2.75, 3.05) is 12.4 Å². The van der Waals surface area contributed by atoms with Crippen LogP contribution in [0, 0.1) is 11.6 Å². The van der Waals surface area contributed by atoms with Gasteiger partial charge in [-0.05, 0) is 12.1 Å². The fraction of sp³-hybridized carbons (Fsp3) is 0.200. The Morgan fingerprint density at radius 1 is 1.35 bits per heavy atom. The van der Waals surface area contributed by atoms with Crippen LogP contribution < -0.4 is 10.1 Å². The van der Waals surface area contributed by atoms with Crippen LogP contribution in [0.15, 0.2) is 18.2 Å². The molecule has 4 nitrogen and oxygen atoms in total. The molecule has 0 aliphatic carbocycles. The molecule has 1 aromatic heterocycles. The van der Waals surface area contributed by atoms with E-state index in [1.165, 1.54) is 6.07 Å². The second-order valence-corrected chi connectivity index (χ2v) is 3.89. The third-order valence-electron chi connectivity index (χ3n) is 2.05. The lowest BCUT2D eigenvalue weighted by Gasteiger charge is -2.07. The van der Waals surface area contributed by atoms with E-state index in [1.807, 2.05) is 0 Å². The Hall–Kier alpha value is -1.76. The molecule has 0 saturated heterocycles. The van der Waals surface area contributed by atoms with Gasteiger partial charge in [0.1, 0.15) is 17.3 Å². The van der Waals surface area contributed by atoms with Crippen LogP contribution in [0.2, 0.25) is 0 Å². The number of halogens is 2. The number of hydrogen-bond acceptors (Lipinski definition) is 5. The largest absolute Gasteiger partial charge is 0.481 e. The normalized spacial score (nSPS) is 10.3. The molecule has 90 valence electrons. The van der Waals surface area contributed by atoms with Crippen molar-refractivity contribution in [1.29, 1.82) is 0 Å².